The number of aliphatic carboxylic acids is 1. The van der Waals surface area contributed by atoms with E-state index in [4.69, 9.17) is 11.6 Å². The Hall–Kier alpha value is -0.620. The minimum Gasteiger partial charge on any atom is -0.480 e. The second-order valence-electron chi connectivity index (χ2n) is 4.26. The molecule has 98 valence electrons. The standard InChI is InChI=1S/C12H14BrClN2O2/c13-9-1-2-10(14)8(5-9)7-16-4-3-15-6-11(16)12(17)18/h1-2,5,11,15H,3-4,6-7H2,(H,17,18). The summed E-state index contributed by atoms with van der Waals surface area (Å²) in [5.41, 5.74) is 0.944. The lowest BCUT2D eigenvalue weighted by Gasteiger charge is -2.33. The molecule has 0 aliphatic carbocycles. The first kappa shape index (κ1) is 13.8. The van der Waals surface area contributed by atoms with Crippen LogP contribution < -0.4 is 5.32 Å². The van der Waals surface area contributed by atoms with Crippen LogP contribution in [-0.2, 0) is 11.3 Å². The van der Waals surface area contributed by atoms with Gasteiger partial charge in [-0.1, -0.05) is 27.5 Å². The van der Waals surface area contributed by atoms with Gasteiger partial charge in [0.2, 0.25) is 0 Å². The van der Waals surface area contributed by atoms with Crippen LogP contribution in [0.4, 0.5) is 0 Å². The Bertz CT molecular complexity index is 456. The second kappa shape index (κ2) is 6.02. The summed E-state index contributed by atoms with van der Waals surface area (Å²) in [5.74, 6) is -0.798. The first-order valence-electron chi connectivity index (χ1n) is 5.69. The highest BCUT2D eigenvalue weighted by Gasteiger charge is 2.28. The monoisotopic (exact) mass is 332 g/mol. The van der Waals surface area contributed by atoms with Crippen molar-refractivity contribution in [1.29, 1.82) is 0 Å². The summed E-state index contributed by atoms with van der Waals surface area (Å²) in [4.78, 5) is 13.1. The number of benzene rings is 1. The summed E-state index contributed by atoms with van der Waals surface area (Å²) in [6.07, 6.45) is 0. The van der Waals surface area contributed by atoms with Gasteiger partial charge in [0, 0.05) is 35.7 Å². The Labute approximate surface area is 119 Å². The second-order valence-corrected chi connectivity index (χ2v) is 5.59. The van der Waals surface area contributed by atoms with Gasteiger partial charge in [0.25, 0.3) is 0 Å². The third-order valence-corrected chi connectivity index (χ3v) is 3.88. The molecule has 0 saturated carbocycles. The zero-order chi connectivity index (χ0) is 13.1. The molecule has 2 N–H and O–H groups in total. The van der Waals surface area contributed by atoms with Gasteiger partial charge in [-0.3, -0.25) is 9.69 Å². The van der Waals surface area contributed by atoms with Gasteiger partial charge in [-0.2, -0.15) is 0 Å². The van der Waals surface area contributed by atoms with Crippen molar-refractivity contribution in [2.75, 3.05) is 19.6 Å². The van der Waals surface area contributed by atoms with Gasteiger partial charge in [-0.05, 0) is 23.8 Å². The number of halogens is 2. The van der Waals surface area contributed by atoms with Crippen molar-refractivity contribution in [3.05, 3.63) is 33.3 Å². The average Bonchev–Trinajstić information content (AvgIpc) is 2.34. The van der Waals surface area contributed by atoms with Crippen LogP contribution in [-0.4, -0.2) is 41.7 Å². The largest absolute Gasteiger partial charge is 0.480 e. The van der Waals surface area contributed by atoms with E-state index in [2.05, 4.69) is 21.2 Å². The minimum atomic E-state index is -0.798. The Morgan fingerprint density at radius 1 is 1.61 bits per heavy atom. The molecule has 1 aliphatic rings. The van der Waals surface area contributed by atoms with Gasteiger partial charge in [0.05, 0.1) is 0 Å². The lowest BCUT2D eigenvalue weighted by Crippen LogP contribution is -2.54. The van der Waals surface area contributed by atoms with Crippen LogP contribution in [0.25, 0.3) is 0 Å². The zero-order valence-electron chi connectivity index (χ0n) is 9.70. The molecule has 1 fully saturated rings. The maximum atomic E-state index is 11.2. The molecule has 1 atom stereocenters. The maximum absolute atomic E-state index is 11.2. The molecule has 6 heteroatoms. The van der Waals surface area contributed by atoms with Crippen LogP contribution in [0.5, 0.6) is 0 Å². The quantitative estimate of drug-likeness (QED) is 0.888. The molecule has 1 aromatic rings. The number of nitrogens with one attached hydrogen (secondary N) is 1. The molecule has 1 unspecified atom stereocenters. The van der Waals surface area contributed by atoms with Gasteiger partial charge in [0.1, 0.15) is 6.04 Å². The van der Waals surface area contributed by atoms with Crippen molar-refractivity contribution in [1.82, 2.24) is 10.2 Å². The van der Waals surface area contributed by atoms with Gasteiger partial charge in [-0.15, -0.1) is 0 Å². The van der Waals surface area contributed by atoms with Crippen molar-refractivity contribution in [3.8, 4) is 0 Å². The number of hydrogen-bond acceptors (Lipinski definition) is 3. The fourth-order valence-corrected chi connectivity index (χ4v) is 2.65. The number of nitrogens with zero attached hydrogens (tertiary/aromatic N) is 1. The summed E-state index contributed by atoms with van der Waals surface area (Å²) in [6, 6.07) is 5.13. The minimum absolute atomic E-state index is 0.473. The van der Waals surface area contributed by atoms with Crippen molar-refractivity contribution in [2.24, 2.45) is 0 Å². The molecule has 0 spiro atoms. The van der Waals surface area contributed by atoms with E-state index in [1.54, 1.807) is 0 Å². The zero-order valence-corrected chi connectivity index (χ0v) is 12.0. The van der Waals surface area contributed by atoms with Gasteiger partial charge in [-0.25, -0.2) is 0 Å². The predicted octanol–water partition coefficient (Wildman–Crippen LogP) is 1.96. The molecule has 18 heavy (non-hydrogen) atoms. The Balaban J connectivity index is 2.15. The third-order valence-electron chi connectivity index (χ3n) is 3.02. The summed E-state index contributed by atoms with van der Waals surface area (Å²) in [6.45, 7) is 2.53. The summed E-state index contributed by atoms with van der Waals surface area (Å²) in [7, 11) is 0. The number of carboxylic acids is 1. The van der Waals surface area contributed by atoms with Crippen LogP contribution in [0.15, 0.2) is 22.7 Å². The van der Waals surface area contributed by atoms with Crippen LogP contribution in [0.2, 0.25) is 5.02 Å². The first-order valence-corrected chi connectivity index (χ1v) is 6.86. The van der Waals surface area contributed by atoms with Crippen molar-refractivity contribution < 1.29 is 9.90 Å². The number of hydrogen-bond donors (Lipinski definition) is 2. The summed E-state index contributed by atoms with van der Waals surface area (Å²) < 4.78 is 0.948. The highest BCUT2D eigenvalue weighted by molar-refractivity contribution is 9.10. The predicted molar refractivity (Wildman–Crippen MR) is 73.9 cm³/mol. The molecule has 1 aromatic carbocycles. The lowest BCUT2D eigenvalue weighted by atomic mass is 10.1. The fraction of sp³-hybridized carbons (Fsp3) is 0.417. The first-order chi connectivity index (χ1) is 8.58. The fourth-order valence-electron chi connectivity index (χ4n) is 2.06. The summed E-state index contributed by atoms with van der Waals surface area (Å²) >= 11 is 9.53. The topological polar surface area (TPSA) is 52.6 Å². The Kier molecular flexibility index (Phi) is 4.61. The van der Waals surface area contributed by atoms with Gasteiger partial charge in [0.15, 0.2) is 0 Å². The summed E-state index contributed by atoms with van der Waals surface area (Å²) in [5, 5.41) is 12.9. The molecule has 2 rings (SSSR count). The van der Waals surface area contributed by atoms with Crippen molar-refractivity contribution >= 4 is 33.5 Å². The SMILES string of the molecule is O=C(O)C1CNCCN1Cc1cc(Br)ccc1Cl. The van der Waals surface area contributed by atoms with Gasteiger partial charge >= 0.3 is 5.97 Å². The van der Waals surface area contributed by atoms with Crippen LogP contribution in [0.3, 0.4) is 0 Å². The van der Waals surface area contributed by atoms with E-state index in [0.717, 1.165) is 16.6 Å². The molecule has 0 radical (unpaired) electrons. The van der Waals surface area contributed by atoms with E-state index in [9.17, 15) is 9.90 Å². The highest BCUT2D eigenvalue weighted by Crippen LogP contribution is 2.23. The van der Waals surface area contributed by atoms with Gasteiger partial charge < -0.3 is 10.4 Å². The normalized spacial score (nSPS) is 20.9. The third kappa shape index (κ3) is 3.23. The molecule has 0 aromatic heterocycles. The average molecular weight is 334 g/mol. The van der Waals surface area contributed by atoms with E-state index < -0.39 is 12.0 Å². The van der Waals surface area contributed by atoms with E-state index in [1.807, 2.05) is 23.1 Å². The number of rotatable bonds is 3. The van der Waals surface area contributed by atoms with E-state index in [0.29, 0.717) is 24.7 Å². The van der Waals surface area contributed by atoms with Crippen LogP contribution in [0, 0.1) is 0 Å². The van der Waals surface area contributed by atoms with Crippen LogP contribution >= 0.6 is 27.5 Å². The number of piperazine rings is 1. The molecular formula is C12H14BrClN2O2. The lowest BCUT2D eigenvalue weighted by molar-refractivity contribution is -0.144. The molecule has 1 heterocycles. The molecule has 0 bridgehead atoms. The number of carboxylic acid groups (broad SMARTS) is 1. The smallest absolute Gasteiger partial charge is 0.322 e. The van der Waals surface area contributed by atoms with E-state index in [-0.39, 0.29) is 0 Å². The molecule has 4 nitrogen and oxygen atoms in total. The Morgan fingerprint density at radius 3 is 3.11 bits per heavy atom. The number of carbonyl (C=O) groups is 1. The van der Waals surface area contributed by atoms with Crippen LogP contribution in [0.1, 0.15) is 5.56 Å². The van der Waals surface area contributed by atoms with E-state index in [1.165, 1.54) is 0 Å². The maximum Gasteiger partial charge on any atom is 0.322 e. The Morgan fingerprint density at radius 2 is 2.39 bits per heavy atom. The molecule has 1 saturated heterocycles. The molecule has 0 amide bonds. The van der Waals surface area contributed by atoms with Crippen molar-refractivity contribution in [2.45, 2.75) is 12.6 Å². The highest BCUT2D eigenvalue weighted by atomic mass is 79.9. The molecule has 1 aliphatic heterocycles. The molecular weight excluding hydrogens is 320 g/mol. The van der Waals surface area contributed by atoms with Crippen molar-refractivity contribution in [3.63, 3.8) is 0 Å². The van der Waals surface area contributed by atoms with E-state index >= 15 is 0 Å².